The molecule has 0 atom stereocenters. The Morgan fingerprint density at radius 1 is 1.10 bits per heavy atom. The van der Waals surface area contributed by atoms with Crippen LogP contribution in [0.4, 0.5) is 0 Å². The van der Waals surface area contributed by atoms with Crippen LogP contribution in [0.15, 0.2) is 0 Å². The summed E-state index contributed by atoms with van der Waals surface area (Å²) in [6.45, 7) is 2.28. The fourth-order valence-electron chi connectivity index (χ4n) is 1.41. The van der Waals surface area contributed by atoms with Gasteiger partial charge in [0.15, 0.2) is 0 Å². The third-order valence-corrected chi connectivity index (χ3v) is 2.06. The zero-order chi connectivity index (χ0) is 5.82. The second kappa shape index (κ2) is 8.34. The fraction of sp³-hybridized carbons (Fsp3) is 0.875. The van der Waals surface area contributed by atoms with Crippen molar-refractivity contribution >= 4 is 23.1 Å². The molecule has 0 nitrogen and oxygen atoms in total. The van der Waals surface area contributed by atoms with Crippen molar-refractivity contribution in [3.63, 3.8) is 0 Å². The zero-order valence-electron chi connectivity index (χ0n) is 6.83. The van der Waals surface area contributed by atoms with Gasteiger partial charge in [-0.2, -0.15) is 19.3 Å². The molecule has 0 radical (unpaired) electrons. The summed E-state index contributed by atoms with van der Waals surface area (Å²) in [5.74, 6) is 1.80. The Bertz CT molecular complexity index is 60.3. The zero-order valence-corrected chi connectivity index (χ0v) is 9.83. The largest absolute Gasteiger partial charge is 2.00 e. The predicted molar refractivity (Wildman–Crippen MR) is 42.4 cm³/mol. The van der Waals surface area contributed by atoms with Crippen molar-refractivity contribution in [3.05, 3.63) is 5.92 Å². The van der Waals surface area contributed by atoms with Gasteiger partial charge in [0.1, 0.15) is 0 Å². The first-order chi connectivity index (χ1) is 3.93. The molecule has 0 aromatic rings. The summed E-state index contributed by atoms with van der Waals surface area (Å²) >= 11 is 0. The maximum absolute atomic E-state index is 2.28. The standard InChI is InChI=1S/C8H15.BrH.Mg/c1-2-8-6-4-3-5-7-8;;/h2-7H2,1H3;1H;/q-1;;+2/p-1. The molecular formula is C8H15BrMg. The van der Waals surface area contributed by atoms with E-state index < -0.39 is 0 Å². The molecule has 1 aliphatic carbocycles. The molecule has 0 heterocycles. The van der Waals surface area contributed by atoms with Crippen molar-refractivity contribution < 1.29 is 17.0 Å². The van der Waals surface area contributed by atoms with Gasteiger partial charge in [0.2, 0.25) is 0 Å². The number of hydrogen-bond donors (Lipinski definition) is 0. The van der Waals surface area contributed by atoms with E-state index in [-0.39, 0.29) is 40.0 Å². The molecule has 1 aliphatic rings. The minimum Gasteiger partial charge on any atom is -1.00 e. The molecule has 1 fully saturated rings. The van der Waals surface area contributed by atoms with Crippen LogP contribution in [0.3, 0.4) is 0 Å². The average Bonchev–Trinajstić information content (AvgIpc) is 1.90. The second-order valence-electron chi connectivity index (χ2n) is 2.66. The van der Waals surface area contributed by atoms with Gasteiger partial charge in [-0.25, -0.2) is 0 Å². The second-order valence-corrected chi connectivity index (χ2v) is 2.66. The Morgan fingerprint density at radius 2 is 1.60 bits per heavy atom. The van der Waals surface area contributed by atoms with E-state index in [1.165, 1.54) is 38.5 Å². The Morgan fingerprint density at radius 3 is 1.90 bits per heavy atom. The Kier molecular flexibility index (Phi) is 11.5. The molecule has 0 aromatic heterocycles. The van der Waals surface area contributed by atoms with E-state index in [0.29, 0.717) is 0 Å². The van der Waals surface area contributed by atoms with Crippen LogP contribution in [0.5, 0.6) is 0 Å². The smallest absolute Gasteiger partial charge is 1.00 e. The van der Waals surface area contributed by atoms with Crippen LogP contribution in [0, 0.1) is 5.92 Å². The molecule has 0 aliphatic heterocycles. The van der Waals surface area contributed by atoms with E-state index in [1.807, 2.05) is 0 Å². The van der Waals surface area contributed by atoms with E-state index in [2.05, 4.69) is 6.92 Å². The number of rotatable bonds is 1. The average molecular weight is 215 g/mol. The predicted octanol–water partition coefficient (Wildman–Crippen LogP) is -0.442. The van der Waals surface area contributed by atoms with E-state index in [1.54, 1.807) is 5.92 Å². The van der Waals surface area contributed by atoms with Crippen molar-refractivity contribution in [1.29, 1.82) is 0 Å². The van der Waals surface area contributed by atoms with Crippen molar-refractivity contribution in [1.82, 2.24) is 0 Å². The number of halogens is 1. The number of hydrogen-bond acceptors (Lipinski definition) is 0. The molecule has 1 saturated carbocycles. The Hall–Kier alpha value is 1.25. The summed E-state index contributed by atoms with van der Waals surface area (Å²) in [7, 11) is 0. The van der Waals surface area contributed by atoms with E-state index in [0.717, 1.165) is 0 Å². The van der Waals surface area contributed by atoms with Gasteiger partial charge in [0.25, 0.3) is 0 Å². The van der Waals surface area contributed by atoms with Crippen LogP contribution < -0.4 is 17.0 Å². The van der Waals surface area contributed by atoms with Crippen molar-refractivity contribution in [2.75, 3.05) is 0 Å². The quantitative estimate of drug-likeness (QED) is 0.411. The van der Waals surface area contributed by atoms with Crippen molar-refractivity contribution in [2.45, 2.75) is 45.4 Å². The maximum atomic E-state index is 2.28. The first kappa shape index (κ1) is 13.8. The molecule has 0 aromatic carbocycles. The van der Waals surface area contributed by atoms with E-state index in [9.17, 15) is 0 Å². The monoisotopic (exact) mass is 214 g/mol. The van der Waals surface area contributed by atoms with Crippen molar-refractivity contribution in [3.8, 4) is 0 Å². The normalized spacial score (nSPS) is 18.9. The molecule has 0 unspecified atom stereocenters. The van der Waals surface area contributed by atoms with Crippen LogP contribution in [0.25, 0.3) is 0 Å². The topological polar surface area (TPSA) is 0 Å². The van der Waals surface area contributed by atoms with Crippen LogP contribution in [0.1, 0.15) is 45.4 Å². The first-order valence-electron chi connectivity index (χ1n) is 3.77. The summed E-state index contributed by atoms with van der Waals surface area (Å²) < 4.78 is 0. The van der Waals surface area contributed by atoms with Gasteiger partial charge in [-0.15, -0.1) is 0 Å². The molecule has 0 spiro atoms. The van der Waals surface area contributed by atoms with Crippen LogP contribution >= 0.6 is 0 Å². The van der Waals surface area contributed by atoms with Gasteiger partial charge in [-0.05, 0) is 0 Å². The molecule has 1 rings (SSSR count). The van der Waals surface area contributed by atoms with Gasteiger partial charge < -0.3 is 22.9 Å². The summed E-state index contributed by atoms with van der Waals surface area (Å²) in [4.78, 5) is 0. The van der Waals surface area contributed by atoms with Gasteiger partial charge in [-0.1, -0.05) is 26.2 Å². The molecule has 0 saturated heterocycles. The minimum absolute atomic E-state index is 0. The van der Waals surface area contributed by atoms with Crippen LogP contribution in [0.2, 0.25) is 0 Å². The Labute approximate surface area is 91.1 Å². The minimum atomic E-state index is 0. The molecule has 0 bridgehead atoms. The first-order valence-corrected chi connectivity index (χ1v) is 3.77. The molecule has 56 valence electrons. The van der Waals surface area contributed by atoms with Gasteiger partial charge in [0.05, 0.1) is 0 Å². The van der Waals surface area contributed by atoms with Gasteiger partial charge >= 0.3 is 23.1 Å². The third-order valence-electron chi connectivity index (χ3n) is 2.06. The van der Waals surface area contributed by atoms with Crippen molar-refractivity contribution in [2.24, 2.45) is 0 Å². The molecule has 10 heavy (non-hydrogen) atoms. The van der Waals surface area contributed by atoms with Gasteiger partial charge in [0, 0.05) is 0 Å². The summed E-state index contributed by atoms with van der Waals surface area (Å²) in [6.07, 6.45) is 8.59. The summed E-state index contributed by atoms with van der Waals surface area (Å²) in [5.41, 5.74) is 0. The van der Waals surface area contributed by atoms with E-state index in [4.69, 9.17) is 0 Å². The summed E-state index contributed by atoms with van der Waals surface area (Å²) in [6, 6.07) is 0. The molecule has 2 heteroatoms. The maximum Gasteiger partial charge on any atom is 2.00 e. The fourth-order valence-corrected chi connectivity index (χ4v) is 1.41. The molecule has 0 amide bonds. The molecular weight excluding hydrogens is 200 g/mol. The van der Waals surface area contributed by atoms with E-state index >= 15 is 0 Å². The molecule has 0 N–H and O–H groups in total. The summed E-state index contributed by atoms with van der Waals surface area (Å²) in [5, 5.41) is 0. The third kappa shape index (κ3) is 4.97. The van der Waals surface area contributed by atoms with Crippen LogP contribution in [-0.4, -0.2) is 23.1 Å². The SMILES string of the molecule is CC[C-]1CCCCC1.[Br-].[Mg+2]. The van der Waals surface area contributed by atoms with Gasteiger partial charge in [-0.3, -0.25) is 0 Å². The van der Waals surface area contributed by atoms with Crippen LogP contribution in [-0.2, 0) is 0 Å². The Balaban J connectivity index is 0.